The van der Waals surface area contributed by atoms with E-state index >= 15 is 0 Å². The lowest BCUT2D eigenvalue weighted by atomic mass is 10.2. The molecule has 1 amide bonds. The summed E-state index contributed by atoms with van der Waals surface area (Å²) in [4.78, 5) is 13.2. The minimum Gasteiger partial charge on any atom is -0.444 e. The number of nitrogens with two attached hydrogens (primary N) is 1. The van der Waals surface area contributed by atoms with Crippen LogP contribution in [-0.2, 0) is 14.2 Å². The van der Waals surface area contributed by atoms with Crippen molar-refractivity contribution in [2.24, 2.45) is 5.73 Å². The number of hydrogen-bond donors (Lipinski definition) is 1. The molecule has 0 unspecified atom stereocenters. The Morgan fingerprint density at radius 1 is 1.28 bits per heavy atom. The van der Waals surface area contributed by atoms with Crippen molar-refractivity contribution in [1.29, 1.82) is 0 Å². The molecule has 0 aromatic carbocycles. The molecule has 0 aliphatic carbocycles. The van der Waals surface area contributed by atoms with Gasteiger partial charge in [0.15, 0.2) is 0 Å². The summed E-state index contributed by atoms with van der Waals surface area (Å²) in [7, 11) is 0. The summed E-state index contributed by atoms with van der Waals surface area (Å²) in [5.74, 6) is 0. The number of nitrogens with zero attached hydrogens (tertiary/aromatic N) is 1. The van der Waals surface area contributed by atoms with Gasteiger partial charge < -0.3 is 24.8 Å². The molecule has 106 valence electrons. The Hall–Kier alpha value is -0.850. The first-order valence-electron chi connectivity index (χ1n) is 6.29. The number of rotatable bonds is 6. The Labute approximate surface area is 108 Å². The van der Waals surface area contributed by atoms with E-state index in [2.05, 4.69) is 0 Å². The first-order valence-corrected chi connectivity index (χ1v) is 6.29. The smallest absolute Gasteiger partial charge is 0.410 e. The summed E-state index contributed by atoms with van der Waals surface area (Å²) in [6.45, 7) is 8.90. The van der Waals surface area contributed by atoms with Crippen LogP contribution in [0.25, 0.3) is 0 Å². The lowest BCUT2D eigenvalue weighted by molar-refractivity contribution is -0.0746. The predicted octanol–water partition coefficient (Wildman–Crippen LogP) is 0.598. The van der Waals surface area contributed by atoms with E-state index in [0.29, 0.717) is 39.5 Å². The summed E-state index contributed by atoms with van der Waals surface area (Å²) < 4.78 is 15.9. The van der Waals surface area contributed by atoms with Gasteiger partial charge in [0.2, 0.25) is 0 Å². The lowest BCUT2D eigenvalue weighted by Gasteiger charge is -2.39. The predicted molar refractivity (Wildman–Crippen MR) is 67.4 cm³/mol. The van der Waals surface area contributed by atoms with Crippen LogP contribution in [0, 0.1) is 0 Å². The quantitative estimate of drug-likeness (QED) is 0.708. The third-order valence-corrected chi connectivity index (χ3v) is 2.34. The van der Waals surface area contributed by atoms with E-state index in [0.717, 1.165) is 0 Å². The van der Waals surface area contributed by atoms with Gasteiger partial charge in [0.25, 0.3) is 0 Å². The fourth-order valence-corrected chi connectivity index (χ4v) is 1.48. The van der Waals surface area contributed by atoms with Crippen molar-refractivity contribution in [1.82, 2.24) is 4.90 Å². The molecular weight excluding hydrogens is 236 g/mol. The SMILES string of the molecule is CC(C)(C)OC(=O)N1CC(OCCOCCN)C1. The molecule has 0 aromatic heterocycles. The van der Waals surface area contributed by atoms with E-state index in [9.17, 15) is 4.79 Å². The van der Waals surface area contributed by atoms with Crippen LogP contribution in [0.2, 0.25) is 0 Å². The van der Waals surface area contributed by atoms with E-state index in [4.69, 9.17) is 19.9 Å². The van der Waals surface area contributed by atoms with Crippen LogP contribution in [0.5, 0.6) is 0 Å². The van der Waals surface area contributed by atoms with Gasteiger partial charge in [0.05, 0.1) is 39.0 Å². The molecule has 0 saturated carbocycles. The van der Waals surface area contributed by atoms with Gasteiger partial charge in [-0.2, -0.15) is 0 Å². The lowest BCUT2D eigenvalue weighted by Crippen LogP contribution is -2.56. The van der Waals surface area contributed by atoms with Gasteiger partial charge in [0, 0.05) is 6.54 Å². The Kier molecular flexibility index (Phi) is 5.84. The summed E-state index contributed by atoms with van der Waals surface area (Å²) in [5, 5.41) is 0. The van der Waals surface area contributed by atoms with Crippen LogP contribution in [-0.4, -0.2) is 62.2 Å². The van der Waals surface area contributed by atoms with Crippen LogP contribution in [0.3, 0.4) is 0 Å². The fourth-order valence-electron chi connectivity index (χ4n) is 1.48. The van der Waals surface area contributed by atoms with Crippen molar-refractivity contribution in [3.63, 3.8) is 0 Å². The van der Waals surface area contributed by atoms with E-state index in [1.807, 2.05) is 20.8 Å². The first kappa shape index (κ1) is 15.2. The molecule has 1 aliphatic heterocycles. The zero-order valence-electron chi connectivity index (χ0n) is 11.5. The van der Waals surface area contributed by atoms with E-state index < -0.39 is 5.60 Å². The molecular formula is C12H24N2O4. The molecule has 1 rings (SSSR count). The number of carbonyl (C=O) groups excluding carboxylic acids is 1. The molecule has 6 nitrogen and oxygen atoms in total. The number of likely N-dealkylation sites (tertiary alicyclic amines) is 1. The van der Waals surface area contributed by atoms with Gasteiger partial charge in [-0.1, -0.05) is 0 Å². The molecule has 0 bridgehead atoms. The van der Waals surface area contributed by atoms with Crippen molar-refractivity contribution < 1.29 is 19.0 Å². The standard InChI is InChI=1S/C12H24N2O4/c1-12(2,3)18-11(15)14-8-10(9-14)17-7-6-16-5-4-13/h10H,4-9,13H2,1-3H3. The maximum atomic E-state index is 11.6. The van der Waals surface area contributed by atoms with Crippen LogP contribution in [0.1, 0.15) is 20.8 Å². The first-order chi connectivity index (χ1) is 8.42. The molecule has 1 aliphatic rings. The van der Waals surface area contributed by atoms with Gasteiger partial charge in [0.1, 0.15) is 5.60 Å². The topological polar surface area (TPSA) is 74.0 Å². The van der Waals surface area contributed by atoms with Gasteiger partial charge in [-0.25, -0.2) is 4.79 Å². The Morgan fingerprint density at radius 3 is 2.50 bits per heavy atom. The number of amides is 1. The second-order valence-electron chi connectivity index (χ2n) is 5.28. The third-order valence-electron chi connectivity index (χ3n) is 2.34. The molecule has 18 heavy (non-hydrogen) atoms. The molecule has 0 aromatic rings. The fraction of sp³-hybridized carbons (Fsp3) is 0.917. The number of ether oxygens (including phenoxy) is 3. The third kappa shape index (κ3) is 5.66. The van der Waals surface area contributed by atoms with Crippen molar-refractivity contribution >= 4 is 6.09 Å². The maximum Gasteiger partial charge on any atom is 0.410 e. The highest BCUT2D eigenvalue weighted by molar-refractivity contribution is 5.69. The Bertz CT molecular complexity index is 259. The van der Waals surface area contributed by atoms with Crippen molar-refractivity contribution in [3.05, 3.63) is 0 Å². The van der Waals surface area contributed by atoms with Crippen molar-refractivity contribution in [2.75, 3.05) is 39.5 Å². The summed E-state index contributed by atoms with van der Waals surface area (Å²) >= 11 is 0. The Balaban J connectivity index is 2.04. The Morgan fingerprint density at radius 2 is 1.94 bits per heavy atom. The molecule has 1 saturated heterocycles. The van der Waals surface area contributed by atoms with Crippen LogP contribution >= 0.6 is 0 Å². The summed E-state index contributed by atoms with van der Waals surface area (Å²) in [5.41, 5.74) is 4.84. The minimum absolute atomic E-state index is 0.0963. The summed E-state index contributed by atoms with van der Waals surface area (Å²) in [6, 6.07) is 0. The van der Waals surface area contributed by atoms with Gasteiger partial charge in [-0.05, 0) is 20.8 Å². The van der Waals surface area contributed by atoms with E-state index in [1.54, 1.807) is 4.90 Å². The van der Waals surface area contributed by atoms with Crippen LogP contribution in [0.4, 0.5) is 4.79 Å². The number of carbonyl (C=O) groups is 1. The minimum atomic E-state index is -0.445. The largest absolute Gasteiger partial charge is 0.444 e. The zero-order chi connectivity index (χ0) is 13.6. The molecule has 0 radical (unpaired) electrons. The average Bonchev–Trinajstić information content (AvgIpc) is 2.17. The monoisotopic (exact) mass is 260 g/mol. The van der Waals surface area contributed by atoms with E-state index in [1.165, 1.54) is 0 Å². The normalized spacial score (nSPS) is 16.6. The van der Waals surface area contributed by atoms with Crippen LogP contribution < -0.4 is 5.73 Å². The second kappa shape index (κ2) is 6.92. The van der Waals surface area contributed by atoms with Gasteiger partial charge in [-0.15, -0.1) is 0 Å². The van der Waals surface area contributed by atoms with Crippen LogP contribution in [0.15, 0.2) is 0 Å². The maximum absolute atomic E-state index is 11.6. The summed E-state index contributed by atoms with van der Waals surface area (Å²) in [6.07, 6.45) is -0.180. The highest BCUT2D eigenvalue weighted by Crippen LogP contribution is 2.16. The zero-order valence-corrected chi connectivity index (χ0v) is 11.5. The highest BCUT2D eigenvalue weighted by atomic mass is 16.6. The molecule has 0 atom stereocenters. The van der Waals surface area contributed by atoms with Crippen molar-refractivity contribution in [3.8, 4) is 0 Å². The van der Waals surface area contributed by atoms with Crippen molar-refractivity contribution in [2.45, 2.75) is 32.5 Å². The van der Waals surface area contributed by atoms with E-state index in [-0.39, 0.29) is 12.2 Å². The molecule has 1 heterocycles. The molecule has 6 heteroatoms. The second-order valence-corrected chi connectivity index (χ2v) is 5.28. The molecule has 2 N–H and O–H groups in total. The van der Waals surface area contributed by atoms with Gasteiger partial charge in [-0.3, -0.25) is 0 Å². The average molecular weight is 260 g/mol. The molecule has 0 spiro atoms. The molecule has 1 fully saturated rings. The number of hydrogen-bond acceptors (Lipinski definition) is 5. The van der Waals surface area contributed by atoms with Gasteiger partial charge >= 0.3 is 6.09 Å². The highest BCUT2D eigenvalue weighted by Gasteiger charge is 2.34.